The molecule has 0 bridgehead atoms. The average molecular weight is 193 g/mol. The van der Waals surface area contributed by atoms with Gasteiger partial charge in [-0.15, -0.1) is 0 Å². The molecule has 1 rings (SSSR count). The third-order valence-electron chi connectivity index (χ3n) is 1.93. The van der Waals surface area contributed by atoms with Crippen LogP contribution >= 0.6 is 12.2 Å². The van der Waals surface area contributed by atoms with Gasteiger partial charge in [0.15, 0.2) is 0 Å². The van der Waals surface area contributed by atoms with Crippen LogP contribution in [0.25, 0.3) is 0 Å². The lowest BCUT2D eigenvalue weighted by atomic mass is 10.1. The van der Waals surface area contributed by atoms with Crippen LogP contribution in [0.3, 0.4) is 0 Å². The minimum Gasteiger partial charge on any atom is -0.376 e. The van der Waals surface area contributed by atoms with Gasteiger partial charge in [0.25, 0.3) is 0 Å². The highest BCUT2D eigenvalue weighted by Crippen LogP contribution is 2.02. The van der Waals surface area contributed by atoms with E-state index in [-0.39, 0.29) is 0 Å². The summed E-state index contributed by atoms with van der Waals surface area (Å²) in [6.45, 7) is 4.99. The molecule has 0 radical (unpaired) electrons. The fourth-order valence-corrected chi connectivity index (χ4v) is 1.10. The highest BCUT2D eigenvalue weighted by Gasteiger charge is 1.93. The van der Waals surface area contributed by atoms with Crippen molar-refractivity contribution in [1.29, 1.82) is 0 Å². The van der Waals surface area contributed by atoms with Crippen molar-refractivity contribution in [2.24, 2.45) is 0 Å². The van der Waals surface area contributed by atoms with Crippen molar-refractivity contribution >= 4 is 17.2 Å². The van der Waals surface area contributed by atoms with E-state index in [1.165, 1.54) is 11.1 Å². The van der Waals surface area contributed by atoms with E-state index in [9.17, 15) is 0 Å². The third kappa shape index (κ3) is 3.55. The molecule has 0 aliphatic carbocycles. The SMILES string of the molecule is CCC(=S)NCc1ccc(C)cc1. The average Bonchev–Trinajstić information content (AvgIpc) is 2.16. The van der Waals surface area contributed by atoms with Crippen LogP contribution in [0.1, 0.15) is 24.5 Å². The van der Waals surface area contributed by atoms with Crippen molar-refractivity contribution in [3.63, 3.8) is 0 Å². The van der Waals surface area contributed by atoms with Crippen molar-refractivity contribution in [2.75, 3.05) is 0 Å². The summed E-state index contributed by atoms with van der Waals surface area (Å²) in [6, 6.07) is 8.49. The topological polar surface area (TPSA) is 12.0 Å². The maximum absolute atomic E-state index is 5.07. The quantitative estimate of drug-likeness (QED) is 0.741. The van der Waals surface area contributed by atoms with Gasteiger partial charge in [0, 0.05) is 6.54 Å². The first-order valence-electron chi connectivity index (χ1n) is 4.54. The van der Waals surface area contributed by atoms with E-state index in [1.54, 1.807) is 0 Å². The van der Waals surface area contributed by atoms with E-state index in [0.717, 1.165) is 18.0 Å². The maximum atomic E-state index is 5.07. The number of hydrogen-bond acceptors (Lipinski definition) is 1. The van der Waals surface area contributed by atoms with Crippen LogP contribution in [-0.4, -0.2) is 4.99 Å². The second-order valence-electron chi connectivity index (χ2n) is 3.12. The standard InChI is InChI=1S/C11H15NS/c1-3-11(13)12-8-10-6-4-9(2)5-7-10/h4-7H,3,8H2,1-2H3,(H,12,13). The van der Waals surface area contributed by atoms with Gasteiger partial charge in [-0.2, -0.15) is 0 Å². The monoisotopic (exact) mass is 193 g/mol. The van der Waals surface area contributed by atoms with Crippen LogP contribution in [0, 0.1) is 6.92 Å². The Kier molecular flexibility index (Phi) is 3.90. The van der Waals surface area contributed by atoms with Crippen LogP contribution in [-0.2, 0) is 6.54 Å². The molecule has 13 heavy (non-hydrogen) atoms. The van der Waals surface area contributed by atoms with Gasteiger partial charge in [-0.1, -0.05) is 49.0 Å². The predicted octanol–water partition coefficient (Wildman–Crippen LogP) is 2.82. The van der Waals surface area contributed by atoms with Crippen molar-refractivity contribution < 1.29 is 0 Å². The first-order chi connectivity index (χ1) is 6.22. The molecule has 1 nitrogen and oxygen atoms in total. The van der Waals surface area contributed by atoms with E-state index >= 15 is 0 Å². The smallest absolute Gasteiger partial charge is 0.0753 e. The first-order valence-corrected chi connectivity index (χ1v) is 4.95. The molecule has 70 valence electrons. The Labute approximate surface area is 85.2 Å². The molecule has 0 fully saturated rings. The molecule has 1 N–H and O–H groups in total. The molecule has 0 amide bonds. The Morgan fingerprint density at radius 1 is 1.31 bits per heavy atom. The Balaban J connectivity index is 2.46. The van der Waals surface area contributed by atoms with E-state index in [1.807, 2.05) is 0 Å². The van der Waals surface area contributed by atoms with Crippen LogP contribution in [0.2, 0.25) is 0 Å². The third-order valence-corrected chi connectivity index (χ3v) is 2.36. The molecule has 2 heteroatoms. The Bertz CT molecular complexity index is 277. The van der Waals surface area contributed by atoms with Crippen molar-refractivity contribution in [3.8, 4) is 0 Å². The molecule has 0 aromatic heterocycles. The summed E-state index contributed by atoms with van der Waals surface area (Å²) in [4.78, 5) is 0.931. The van der Waals surface area contributed by atoms with Gasteiger partial charge < -0.3 is 5.32 Å². The molecule has 0 saturated carbocycles. The zero-order chi connectivity index (χ0) is 9.68. The van der Waals surface area contributed by atoms with Crippen LogP contribution in [0.5, 0.6) is 0 Å². The Hall–Kier alpha value is -0.890. The molecule has 1 aromatic carbocycles. The first kappa shape index (κ1) is 10.2. The number of nitrogens with one attached hydrogen (secondary N) is 1. The summed E-state index contributed by atoms with van der Waals surface area (Å²) >= 11 is 5.07. The van der Waals surface area contributed by atoms with Crippen molar-refractivity contribution in [2.45, 2.75) is 26.8 Å². The van der Waals surface area contributed by atoms with Crippen molar-refractivity contribution in [3.05, 3.63) is 35.4 Å². The van der Waals surface area contributed by atoms with Gasteiger partial charge in [0.1, 0.15) is 0 Å². The molecule has 0 aliphatic heterocycles. The molecule has 0 aliphatic rings. The number of aryl methyl sites for hydroxylation is 1. The second-order valence-corrected chi connectivity index (χ2v) is 3.61. The van der Waals surface area contributed by atoms with Gasteiger partial charge in [0.2, 0.25) is 0 Å². The molecule has 0 heterocycles. The lowest BCUT2D eigenvalue weighted by Crippen LogP contribution is -2.19. The van der Waals surface area contributed by atoms with Gasteiger partial charge >= 0.3 is 0 Å². The number of thiocarbonyl (C=S) groups is 1. The molecular formula is C11H15NS. The van der Waals surface area contributed by atoms with Gasteiger partial charge in [-0.25, -0.2) is 0 Å². The molecule has 0 spiro atoms. The largest absolute Gasteiger partial charge is 0.376 e. The summed E-state index contributed by atoms with van der Waals surface area (Å²) in [6.07, 6.45) is 0.918. The Morgan fingerprint density at radius 2 is 1.92 bits per heavy atom. The normalized spacial score (nSPS) is 9.69. The summed E-state index contributed by atoms with van der Waals surface area (Å²) in [5.74, 6) is 0. The van der Waals surface area contributed by atoms with Crippen LogP contribution in [0.15, 0.2) is 24.3 Å². The van der Waals surface area contributed by atoms with Gasteiger partial charge in [0.05, 0.1) is 4.99 Å². The molecule has 0 atom stereocenters. The van der Waals surface area contributed by atoms with E-state index < -0.39 is 0 Å². The zero-order valence-corrected chi connectivity index (χ0v) is 8.95. The number of benzene rings is 1. The molecule has 0 unspecified atom stereocenters. The lowest BCUT2D eigenvalue weighted by Gasteiger charge is -2.05. The lowest BCUT2D eigenvalue weighted by molar-refractivity contribution is 0.907. The maximum Gasteiger partial charge on any atom is 0.0753 e. The predicted molar refractivity (Wildman–Crippen MR) is 60.9 cm³/mol. The van der Waals surface area contributed by atoms with E-state index in [2.05, 4.69) is 43.4 Å². The van der Waals surface area contributed by atoms with Gasteiger partial charge in [-0.05, 0) is 18.9 Å². The summed E-state index contributed by atoms with van der Waals surface area (Å²) in [7, 11) is 0. The molecule has 1 aromatic rings. The summed E-state index contributed by atoms with van der Waals surface area (Å²) in [5, 5.41) is 3.20. The van der Waals surface area contributed by atoms with E-state index in [4.69, 9.17) is 12.2 Å². The molecular weight excluding hydrogens is 178 g/mol. The zero-order valence-electron chi connectivity index (χ0n) is 8.13. The van der Waals surface area contributed by atoms with Crippen molar-refractivity contribution in [1.82, 2.24) is 5.32 Å². The Morgan fingerprint density at radius 3 is 2.46 bits per heavy atom. The fourth-order valence-electron chi connectivity index (χ4n) is 1.03. The summed E-state index contributed by atoms with van der Waals surface area (Å²) in [5.41, 5.74) is 2.57. The second kappa shape index (κ2) is 4.97. The van der Waals surface area contributed by atoms with Gasteiger partial charge in [-0.3, -0.25) is 0 Å². The fraction of sp³-hybridized carbons (Fsp3) is 0.364. The summed E-state index contributed by atoms with van der Waals surface area (Å²) < 4.78 is 0. The number of rotatable bonds is 3. The minimum atomic E-state index is 0.840. The highest BCUT2D eigenvalue weighted by molar-refractivity contribution is 7.80. The van der Waals surface area contributed by atoms with Crippen LogP contribution < -0.4 is 5.32 Å². The molecule has 0 saturated heterocycles. The van der Waals surface area contributed by atoms with E-state index in [0.29, 0.717) is 0 Å². The highest BCUT2D eigenvalue weighted by atomic mass is 32.1. The van der Waals surface area contributed by atoms with Crippen LogP contribution in [0.4, 0.5) is 0 Å². The minimum absolute atomic E-state index is 0.840. The number of hydrogen-bond donors (Lipinski definition) is 1.